The predicted molar refractivity (Wildman–Crippen MR) is 77.4 cm³/mol. The molecular weight excluding hydrogens is 238 g/mol. The van der Waals surface area contributed by atoms with Gasteiger partial charge in [0.1, 0.15) is 0 Å². The molecule has 0 aliphatic heterocycles. The van der Waals surface area contributed by atoms with E-state index in [1.54, 1.807) is 7.11 Å². The van der Waals surface area contributed by atoms with E-state index in [0.717, 1.165) is 18.9 Å². The van der Waals surface area contributed by atoms with Gasteiger partial charge in [-0.25, -0.2) is 4.98 Å². The summed E-state index contributed by atoms with van der Waals surface area (Å²) in [5.74, 6) is 0.903. The molecule has 1 heterocycles. The minimum absolute atomic E-state index is 0.370. The SMILES string of the molecule is COCCNc1nccn1C(C)Cc1ccccc1. The Morgan fingerprint density at radius 2 is 2.11 bits per heavy atom. The number of aromatic nitrogens is 2. The molecule has 4 nitrogen and oxygen atoms in total. The molecule has 0 saturated heterocycles. The lowest BCUT2D eigenvalue weighted by molar-refractivity contribution is 0.210. The maximum Gasteiger partial charge on any atom is 0.203 e. The summed E-state index contributed by atoms with van der Waals surface area (Å²) >= 11 is 0. The van der Waals surface area contributed by atoms with Crippen LogP contribution in [0.2, 0.25) is 0 Å². The highest BCUT2D eigenvalue weighted by atomic mass is 16.5. The molecule has 1 N–H and O–H groups in total. The fourth-order valence-electron chi connectivity index (χ4n) is 2.12. The van der Waals surface area contributed by atoms with Crippen molar-refractivity contribution < 1.29 is 4.74 Å². The van der Waals surface area contributed by atoms with Crippen LogP contribution in [0.1, 0.15) is 18.5 Å². The molecule has 0 aliphatic rings. The predicted octanol–water partition coefficient (Wildman–Crippen LogP) is 2.75. The van der Waals surface area contributed by atoms with Crippen molar-refractivity contribution in [3.05, 3.63) is 48.3 Å². The lowest BCUT2D eigenvalue weighted by atomic mass is 10.1. The van der Waals surface area contributed by atoms with Gasteiger partial charge in [-0.15, -0.1) is 0 Å². The number of anilines is 1. The molecule has 0 spiro atoms. The van der Waals surface area contributed by atoms with Crippen molar-refractivity contribution >= 4 is 5.95 Å². The Morgan fingerprint density at radius 3 is 2.84 bits per heavy atom. The Bertz CT molecular complexity index is 481. The minimum atomic E-state index is 0.370. The highest BCUT2D eigenvalue weighted by Crippen LogP contribution is 2.18. The first-order chi connectivity index (χ1) is 9.31. The zero-order valence-electron chi connectivity index (χ0n) is 11.5. The summed E-state index contributed by atoms with van der Waals surface area (Å²) < 4.78 is 7.21. The lowest BCUT2D eigenvalue weighted by Gasteiger charge is -2.17. The van der Waals surface area contributed by atoms with E-state index in [1.165, 1.54) is 5.56 Å². The fourth-order valence-corrected chi connectivity index (χ4v) is 2.12. The number of ether oxygens (including phenoxy) is 1. The van der Waals surface area contributed by atoms with Gasteiger partial charge in [0, 0.05) is 32.1 Å². The average molecular weight is 259 g/mol. The Labute approximate surface area is 114 Å². The van der Waals surface area contributed by atoms with Gasteiger partial charge >= 0.3 is 0 Å². The van der Waals surface area contributed by atoms with Crippen molar-refractivity contribution in [2.45, 2.75) is 19.4 Å². The largest absolute Gasteiger partial charge is 0.383 e. The smallest absolute Gasteiger partial charge is 0.203 e. The van der Waals surface area contributed by atoms with E-state index < -0.39 is 0 Å². The molecule has 0 radical (unpaired) electrons. The molecule has 102 valence electrons. The van der Waals surface area contributed by atoms with E-state index in [4.69, 9.17) is 4.74 Å². The van der Waals surface area contributed by atoms with Gasteiger partial charge in [-0.3, -0.25) is 0 Å². The number of hydrogen-bond acceptors (Lipinski definition) is 3. The van der Waals surface area contributed by atoms with E-state index in [9.17, 15) is 0 Å². The molecule has 19 heavy (non-hydrogen) atoms. The van der Waals surface area contributed by atoms with Gasteiger partial charge in [0.15, 0.2) is 0 Å². The Balaban J connectivity index is 1.99. The van der Waals surface area contributed by atoms with Gasteiger partial charge in [0.2, 0.25) is 5.95 Å². The van der Waals surface area contributed by atoms with Crippen LogP contribution >= 0.6 is 0 Å². The van der Waals surface area contributed by atoms with Crippen LogP contribution in [-0.2, 0) is 11.2 Å². The van der Waals surface area contributed by atoms with Crippen LogP contribution in [0.4, 0.5) is 5.95 Å². The van der Waals surface area contributed by atoms with Crippen LogP contribution in [0.25, 0.3) is 0 Å². The molecule has 0 saturated carbocycles. The van der Waals surface area contributed by atoms with Gasteiger partial charge in [-0.05, 0) is 18.9 Å². The van der Waals surface area contributed by atoms with E-state index in [-0.39, 0.29) is 0 Å². The third-order valence-electron chi connectivity index (χ3n) is 3.11. The Morgan fingerprint density at radius 1 is 1.32 bits per heavy atom. The summed E-state index contributed by atoms with van der Waals surface area (Å²) in [5, 5.41) is 3.29. The number of rotatable bonds is 7. The highest BCUT2D eigenvalue weighted by molar-refractivity contribution is 5.27. The topological polar surface area (TPSA) is 39.1 Å². The second-order valence-corrected chi connectivity index (χ2v) is 4.62. The quantitative estimate of drug-likeness (QED) is 0.777. The number of hydrogen-bond donors (Lipinski definition) is 1. The Hall–Kier alpha value is -1.81. The van der Waals surface area contributed by atoms with E-state index in [2.05, 4.69) is 46.1 Å². The summed E-state index contributed by atoms with van der Waals surface area (Å²) in [6, 6.07) is 10.9. The number of nitrogens with one attached hydrogen (secondary N) is 1. The van der Waals surface area contributed by atoms with Crippen LogP contribution in [-0.4, -0.2) is 29.8 Å². The molecule has 1 unspecified atom stereocenters. The standard InChI is InChI=1S/C15H21N3O/c1-13(12-14-6-4-3-5-7-14)18-10-8-16-15(18)17-9-11-19-2/h3-8,10,13H,9,11-12H2,1-2H3,(H,16,17). The van der Waals surface area contributed by atoms with Crippen molar-refractivity contribution in [2.75, 3.05) is 25.6 Å². The normalized spacial score (nSPS) is 12.3. The zero-order chi connectivity index (χ0) is 13.5. The molecule has 0 amide bonds. The van der Waals surface area contributed by atoms with Gasteiger partial charge in [-0.2, -0.15) is 0 Å². The summed E-state index contributed by atoms with van der Waals surface area (Å²) in [5.41, 5.74) is 1.34. The molecule has 0 fully saturated rings. The molecule has 0 aliphatic carbocycles. The van der Waals surface area contributed by atoms with Gasteiger partial charge in [0.25, 0.3) is 0 Å². The Kier molecular flexibility index (Phi) is 4.98. The monoisotopic (exact) mass is 259 g/mol. The summed E-state index contributed by atoms with van der Waals surface area (Å²) in [6.07, 6.45) is 4.84. The molecule has 1 aromatic heterocycles. The first-order valence-electron chi connectivity index (χ1n) is 6.61. The van der Waals surface area contributed by atoms with Crippen molar-refractivity contribution in [2.24, 2.45) is 0 Å². The van der Waals surface area contributed by atoms with Crippen LogP contribution in [0.15, 0.2) is 42.7 Å². The molecular formula is C15H21N3O. The van der Waals surface area contributed by atoms with E-state index >= 15 is 0 Å². The zero-order valence-corrected chi connectivity index (χ0v) is 11.5. The van der Waals surface area contributed by atoms with Crippen molar-refractivity contribution in [1.29, 1.82) is 0 Å². The van der Waals surface area contributed by atoms with Crippen molar-refractivity contribution in [3.63, 3.8) is 0 Å². The molecule has 0 bridgehead atoms. The fraction of sp³-hybridized carbons (Fsp3) is 0.400. The van der Waals surface area contributed by atoms with Crippen LogP contribution in [0.3, 0.4) is 0 Å². The highest BCUT2D eigenvalue weighted by Gasteiger charge is 2.10. The first kappa shape index (κ1) is 13.6. The average Bonchev–Trinajstić information content (AvgIpc) is 2.89. The minimum Gasteiger partial charge on any atom is -0.383 e. The van der Waals surface area contributed by atoms with Crippen molar-refractivity contribution in [1.82, 2.24) is 9.55 Å². The maximum atomic E-state index is 5.04. The maximum absolute atomic E-state index is 5.04. The molecule has 1 aromatic carbocycles. The number of benzene rings is 1. The third-order valence-corrected chi connectivity index (χ3v) is 3.11. The number of nitrogens with zero attached hydrogens (tertiary/aromatic N) is 2. The summed E-state index contributed by atoms with van der Waals surface area (Å²) in [7, 11) is 1.70. The summed E-state index contributed by atoms with van der Waals surface area (Å²) in [4.78, 5) is 4.35. The second-order valence-electron chi connectivity index (χ2n) is 4.62. The number of methoxy groups -OCH3 is 1. The number of imidazole rings is 1. The first-order valence-corrected chi connectivity index (χ1v) is 6.61. The molecule has 2 rings (SSSR count). The van der Waals surface area contributed by atoms with Gasteiger partial charge in [-0.1, -0.05) is 30.3 Å². The lowest BCUT2D eigenvalue weighted by Crippen LogP contribution is -2.15. The molecule has 4 heteroatoms. The summed E-state index contributed by atoms with van der Waals surface area (Å²) in [6.45, 7) is 3.65. The van der Waals surface area contributed by atoms with Gasteiger partial charge in [0.05, 0.1) is 6.61 Å². The third kappa shape index (κ3) is 3.83. The van der Waals surface area contributed by atoms with Crippen LogP contribution < -0.4 is 5.32 Å². The van der Waals surface area contributed by atoms with E-state index in [1.807, 2.05) is 18.5 Å². The van der Waals surface area contributed by atoms with Crippen LogP contribution in [0, 0.1) is 0 Å². The van der Waals surface area contributed by atoms with E-state index in [0.29, 0.717) is 12.6 Å². The second kappa shape index (κ2) is 6.95. The molecule has 1 atom stereocenters. The molecule has 2 aromatic rings. The van der Waals surface area contributed by atoms with Crippen LogP contribution in [0.5, 0.6) is 0 Å². The van der Waals surface area contributed by atoms with Gasteiger partial charge < -0.3 is 14.6 Å². The van der Waals surface area contributed by atoms with Crippen molar-refractivity contribution in [3.8, 4) is 0 Å².